The van der Waals surface area contributed by atoms with Gasteiger partial charge in [0.1, 0.15) is 0 Å². The Hall–Kier alpha value is -1.53. The highest BCUT2D eigenvalue weighted by atomic mass is 19.3. The van der Waals surface area contributed by atoms with Crippen LogP contribution in [0.1, 0.15) is 37.5 Å². The number of carboxylic acid groups (broad SMARTS) is 1. The second kappa shape index (κ2) is 6.58. The Morgan fingerprint density at radius 2 is 1.84 bits per heavy atom. The fraction of sp³-hybridized carbons (Fsp3) is 0.462. The van der Waals surface area contributed by atoms with Gasteiger partial charge in [0.2, 0.25) is 0 Å². The molecule has 0 heterocycles. The van der Waals surface area contributed by atoms with Gasteiger partial charge in [0, 0.05) is 5.56 Å². The Morgan fingerprint density at radius 1 is 1.26 bits per heavy atom. The van der Waals surface area contributed by atoms with Crippen LogP contribution < -0.4 is 0 Å². The Bertz CT molecular complexity index is 434. The van der Waals surface area contributed by atoms with Crippen molar-refractivity contribution in [2.45, 2.75) is 38.6 Å². The van der Waals surface area contributed by atoms with Crippen molar-refractivity contribution in [1.29, 1.82) is 0 Å². The summed E-state index contributed by atoms with van der Waals surface area (Å²) in [5.74, 6) is -1.29. The molecule has 2 N–H and O–H groups in total. The van der Waals surface area contributed by atoms with Crippen LogP contribution in [0.3, 0.4) is 0 Å². The number of aliphatic hydroxyl groups is 1. The topological polar surface area (TPSA) is 66.8 Å². The maximum Gasteiger partial charge on any atom is 0.337 e. The SMILES string of the molecule is CC(O)C(C)OC(C(=O)O)c1cccc(C(F)F)c1. The van der Waals surface area contributed by atoms with E-state index in [2.05, 4.69) is 0 Å². The van der Waals surface area contributed by atoms with Crippen molar-refractivity contribution in [3.63, 3.8) is 0 Å². The molecule has 0 aromatic heterocycles. The van der Waals surface area contributed by atoms with E-state index in [0.29, 0.717) is 0 Å². The first-order valence-corrected chi connectivity index (χ1v) is 5.77. The van der Waals surface area contributed by atoms with Crippen molar-refractivity contribution in [3.05, 3.63) is 35.4 Å². The largest absolute Gasteiger partial charge is 0.479 e. The van der Waals surface area contributed by atoms with Crippen LogP contribution in [-0.4, -0.2) is 28.4 Å². The Kier molecular flexibility index (Phi) is 5.38. The summed E-state index contributed by atoms with van der Waals surface area (Å²) in [6.07, 6.45) is -5.65. The zero-order chi connectivity index (χ0) is 14.6. The van der Waals surface area contributed by atoms with E-state index in [4.69, 9.17) is 9.84 Å². The second-order valence-corrected chi connectivity index (χ2v) is 4.27. The summed E-state index contributed by atoms with van der Waals surface area (Å²) >= 11 is 0. The zero-order valence-electron chi connectivity index (χ0n) is 10.6. The number of hydrogen-bond donors (Lipinski definition) is 2. The number of rotatable bonds is 6. The Morgan fingerprint density at radius 3 is 2.32 bits per heavy atom. The monoisotopic (exact) mass is 274 g/mol. The molecule has 0 fully saturated rings. The van der Waals surface area contributed by atoms with E-state index in [9.17, 15) is 18.7 Å². The van der Waals surface area contributed by atoms with Crippen LogP contribution in [0.25, 0.3) is 0 Å². The van der Waals surface area contributed by atoms with Crippen LogP contribution in [0, 0.1) is 0 Å². The predicted octanol–water partition coefficient (Wildman–Crippen LogP) is 2.54. The number of carboxylic acids is 1. The van der Waals surface area contributed by atoms with E-state index in [1.165, 1.54) is 32.0 Å². The summed E-state index contributed by atoms with van der Waals surface area (Å²) in [6.45, 7) is 2.97. The average molecular weight is 274 g/mol. The third kappa shape index (κ3) is 4.25. The molecule has 0 amide bonds. The lowest BCUT2D eigenvalue weighted by Crippen LogP contribution is -2.28. The molecule has 0 spiro atoms. The lowest BCUT2D eigenvalue weighted by molar-refractivity contribution is -0.158. The predicted molar refractivity (Wildman–Crippen MR) is 64.0 cm³/mol. The van der Waals surface area contributed by atoms with E-state index in [-0.39, 0.29) is 11.1 Å². The smallest absolute Gasteiger partial charge is 0.337 e. The number of aliphatic carboxylic acids is 1. The fourth-order valence-corrected chi connectivity index (χ4v) is 1.47. The summed E-state index contributed by atoms with van der Waals surface area (Å²) in [6, 6.07) is 5.06. The molecule has 0 bridgehead atoms. The molecule has 1 aromatic rings. The summed E-state index contributed by atoms with van der Waals surface area (Å²) in [5, 5.41) is 18.4. The fourth-order valence-electron chi connectivity index (χ4n) is 1.47. The standard InChI is InChI=1S/C13H16F2O4/c1-7(16)8(2)19-11(13(17)18)9-4-3-5-10(6-9)12(14)15/h3-8,11-12,16H,1-2H3,(H,17,18). The van der Waals surface area contributed by atoms with Gasteiger partial charge in [-0.15, -0.1) is 0 Å². The summed E-state index contributed by atoms with van der Waals surface area (Å²) in [7, 11) is 0. The summed E-state index contributed by atoms with van der Waals surface area (Å²) in [5.41, 5.74) is -0.144. The van der Waals surface area contributed by atoms with E-state index < -0.39 is 30.7 Å². The minimum atomic E-state index is -2.68. The minimum Gasteiger partial charge on any atom is -0.479 e. The number of carbonyl (C=O) groups is 1. The van der Waals surface area contributed by atoms with E-state index in [0.717, 1.165) is 6.07 Å². The van der Waals surface area contributed by atoms with Crippen molar-refractivity contribution in [2.24, 2.45) is 0 Å². The highest BCUT2D eigenvalue weighted by Gasteiger charge is 2.25. The molecule has 1 aromatic carbocycles. The summed E-state index contributed by atoms with van der Waals surface area (Å²) < 4.78 is 30.3. The molecule has 19 heavy (non-hydrogen) atoms. The van der Waals surface area contributed by atoms with Crippen LogP contribution in [0.2, 0.25) is 0 Å². The third-order valence-electron chi connectivity index (χ3n) is 2.72. The maximum absolute atomic E-state index is 12.6. The van der Waals surface area contributed by atoms with Crippen molar-refractivity contribution in [3.8, 4) is 0 Å². The van der Waals surface area contributed by atoms with Crippen LogP contribution in [0.5, 0.6) is 0 Å². The van der Waals surface area contributed by atoms with Gasteiger partial charge in [0.15, 0.2) is 6.10 Å². The Balaban J connectivity index is 2.99. The van der Waals surface area contributed by atoms with Crippen LogP contribution in [-0.2, 0) is 9.53 Å². The molecule has 6 heteroatoms. The molecule has 3 atom stereocenters. The molecule has 3 unspecified atom stereocenters. The molecule has 0 radical (unpaired) electrons. The van der Waals surface area contributed by atoms with Crippen LogP contribution in [0.4, 0.5) is 8.78 Å². The molecular weight excluding hydrogens is 258 g/mol. The van der Waals surface area contributed by atoms with Crippen molar-refractivity contribution >= 4 is 5.97 Å². The third-order valence-corrected chi connectivity index (χ3v) is 2.72. The Labute approximate surface area is 109 Å². The molecule has 0 aliphatic carbocycles. The number of ether oxygens (including phenoxy) is 1. The molecule has 0 aliphatic heterocycles. The highest BCUT2D eigenvalue weighted by molar-refractivity contribution is 5.74. The van der Waals surface area contributed by atoms with Crippen LogP contribution >= 0.6 is 0 Å². The van der Waals surface area contributed by atoms with E-state index >= 15 is 0 Å². The first-order chi connectivity index (χ1) is 8.82. The average Bonchev–Trinajstić information content (AvgIpc) is 2.35. The van der Waals surface area contributed by atoms with Crippen LogP contribution in [0.15, 0.2) is 24.3 Å². The first kappa shape index (κ1) is 15.5. The van der Waals surface area contributed by atoms with Gasteiger partial charge in [-0.25, -0.2) is 13.6 Å². The van der Waals surface area contributed by atoms with Crippen molar-refractivity contribution in [2.75, 3.05) is 0 Å². The highest BCUT2D eigenvalue weighted by Crippen LogP contribution is 2.25. The van der Waals surface area contributed by atoms with Gasteiger partial charge in [-0.05, 0) is 25.5 Å². The van der Waals surface area contributed by atoms with Gasteiger partial charge >= 0.3 is 5.97 Å². The molecule has 0 saturated carbocycles. The number of aliphatic hydroxyl groups excluding tert-OH is 1. The zero-order valence-corrected chi connectivity index (χ0v) is 10.6. The van der Waals surface area contributed by atoms with Gasteiger partial charge in [-0.2, -0.15) is 0 Å². The van der Waals surface area contributed by atoms with Gasteiger partial charge in [0.05, 0.1) is 12.2 Å². The maximum atomic E-state index is 12.6. The molecule has 106 valence electrons. The van der Waals surface area contributed by atoms with E-state index in [1.807, 2.05) is 0 Å². The normalized spacial score (nSPS) is 16.1. The molecular formula is C13H16F2O4. The number of hydrogen-bond acceptors (Lipinski definition) is 3. The summed E-state index contributed by atoms with van der Waals surface area (Å²) in [4.78, 5) is 11.1. The number of halogens is 2. The van der Waals surface area contributed by atoms with Gasteiger partial charge in [0.25, 0.3) is 6.43 Å². The van der Waals surface area contributed by atoms with Gasteiger partial charge in [-0.1, -0.05) is 18.2 Å². The number of benzene rings is 1. The van der Waals surface area contributed by atoms with Gasteiger partial charge < -0.3 is 14.9 Å². The van der Waals surface area contributed by atoms with Crippen molar-refractivity contribution < 1.29 is 28.5 Å². The lowest BCUT2D eigenvalue weighted by Gasteiger charge is -2.21. The molecule has 0 aliphatic rings. The second-order valence-electron chi connectivity index (χ2n) is 4.27. The van der Waals surface area contributed by atoms with Gasteiger partial charge in [-0.3, -0.25) is 0 Å². The first-order valence-electron chi connectivity index (χ1n) is 5.77. The molecule has 4 nitrogen and oxygen atoms in total. The minimum absolute atomic E-state index is 0.123. The van der Waals surface area contributed by atoms with E-state index in [1.54, 1.807) is 0 Å². The molecule has 1 rings (SSSR count). The lowest BCUT2D eigenvalue weighted by atomic mass is 10.1. The quantitative estimate of drug-likeness (QED) is 0.836. The van der Waals surface area contributed by atoms with Crippen molar-refractivity contribution in [1.82, 2.24) is 0 Å². The number of alkyl halides is 2. The molecule has 0 saturated heterocycles.